The molecule has 3 fully saturated rings. The Morgan fingerprint density at radius 3 is 2.81 bits per heavy atom. The van der Waals surface area contributed by atoms with Crippen LogP contribution >= 0.6 is 0 Å². The van der Waals surface area contributed by atoms with Gasteiger partial charge in [0.15, 0.2) is 0 Å². The molecule has 138 valence electrons. The number of carbonyl (C=O) groups is 2. The first kappa shape index (κ1) is 17.1. The van der Waals surface area contributed by atoms with E-state index >= 15 is 0 Å². The maximum atomic E-state index is 13.7. The minimum Gasteiger partial charge on any atom is -0.358 e. The molecule has 1 N–H and O–H groups in total. The minimum atomic E-state index is -0.295. The summed E-state index contributed by atoms with van der Waals surface area (Å²) in [4.78, 5) is 32.0. The quantitative estimate of drug-likeness (QED) is 0.898. The van der Waals surface area contributed by atoms with Crippen LogP contribution in [-0.2, 0) is 16.0 Å². The van der Waals surface area contributed by atoms with Crippen molar-refractivity contribution in [1.82, 2.24) is 14.8 Å². The molecule has 2 atom stereocenters. The second-order valence-electron chi connectivity index (χ2n) is 7.66. The van der Waals surface area contributed by atoms with Crippen molar-refractivity contribution in [3.8, 4) is 0 Å². The van der Waals surface area contributed by atoms with Crippen LogP contribution in [-0.4, -0.2) is 52.3 Å². The Kier molecular flexibility index (Phi) is 4.21. The fourth-order valence-corrected chi connectivity index (χ4v) is 4.48. The number of piperidine rings is 1. The second kappa shape index (κ2) is 6.41. The molecule has 6 heteroatoms. The average molecular weight is 357 g/mol. The molecule has 2 amide bonds. The Morgan fingerprint density at radius 1 is 1.23 bits per heavy atom. The number of halogens is 1. The van der Waals surface area contributed by atoms with Gasteiger partial charge in [-0.05, 0) is 49.4 Å². The van der Waals surface area contributed by atoms with Crippen molar-refractivity contribution in [3.05, 3.63) is 35.3 Å². The van der Waals surface area contributed by atoms with Crippen molar-refractivity contribution >= 4 is 22.7 Å². The zero-order chi connectivity index (χ0) is 18.4. The topological polar surface area (TPSA) is 56.4 Å². The number of aromatic nitrogens is 1. The zero-order valence-electron chi connectivity index (χ0n) is 15.2. The van der Waals surface area contributed by atoms with Crippen LogP contribution in [0.4, 0.5) is 4.39 Å². The molecule has 0 aliphatic carbocycles. The van der Waals surface area contributed by atoms with Crippen molar-refractivity contribution in [3.63, 3.8) is 0 Å². The number of nitrogens with one attached hydrogen (secondary N) is 1. The molecular formula is C20H24FN3O2. The van der Waals surface area contributed by atoms with E-state index in [9.17, 15) is 14.0 Å². The molecule has 0 unspecified atom stereocenters. The largest absolute Gasteiger partial charge is 0.358 e. The van der Waals surface area contributed by atoms with Crippen molar-refractivity contribution in [2.45, 2.75) is 39.2 Å². The number of rotatable bonds is 2. The van der Waals surface area contributed by atoms with Gasteiger partial charge in [-0.15, -0.1) is 0 Å². The highest BCUT2D eigenvalue weighted by Crippen LogP contribution is 2.30. The average Bonchev–Trinajstić information content (AvgIpc) is 2.79. The molecule has 26 heavy (non-hydrogen) atoms. The standard InChI is InChI=1S/C20H24FN3O2/c1-12-17(18-7-15(21)4-6-19(18)22-12)8-20(26)24-10-14-3-5-16(24)11-23(9-14)13(2)25/h4,6-7,14,16,22H,3,5,8-11H2,1-2H3/t14-,16+/m1/s1. The molecule has 0 radical (unpaired) electrons. The lowest BCUT2D eigenvalue weighted by Gasteiger charge is -2.36. The van der Waals surface area contributed by atoms with E-state index in [0.29, 0.717) is 19.0 Å². The van der Waals surface area contributed by atoms with Gasteiger partial charge in [-0.25, -0.2) is 4.39 Å². The minimum absolute atomic E-state index is 0.0679. The first-order chi connectivity index (χ1) is 12.4. The van der Waals surface area contributed by atoms with E-state index in [1.165, 1.54) is 12.1 Å². The number of fused-ring (bicyclic) bond motifs is 5. The molecule has 0 saturated carbocycles. The van der Waals surface area contributed by atoms with Gasteiger partial charge in [-0.3, -0.25) is 9.59 Å². The van der Waals surface area contributed by atoms with Crippen molar-refractivity contribution in [1.29, 1.82) is 0 Å². The van der Waals surface area contributed by atoms with Gasteiger partial charge in [0.2, 0.25) is 11.8 Å². The predicted octanol–water partition coefficient (Wildman–Crippen LogP) is 2.63. The lowest BCUT2D eigenvalue weighted by Crippen LogP contribution is -2.48. The summed E-state index contributed by atoms with van der Waals surface area (Å²) in [5.41, 5.74) is 2.63. The fraction of sp³-hybridized carbons (Fsp3) is 0.500. The molecule has 0 spiro atoms. The highest BCUT2D eigenvalue weighted by Gasteiger charge is 2.38. The first-order valence-electron chi connectivity index (χ1n) is 9.24. The monoisotopic (exact) mass is 357 g/mol. The van der Waals surface area contributed by atoms with Gasteiger partial charge in [0, 0.05) is 49.2 Å². The number of carbonyl (C=O) groups excluding carboxylic acids is 2. The van der Waals surface area contributed by atoms with Crippen LogP contribution in [0.3, 0.4) is 0 Å². The van der Waals surface area contributed by atoms with Gasteiger partial charge in [0.25, 0.3) is 0 Å². The number of hydrogen-bond acceptors (Lipinski definition) is 2. The van der Waals surface area contributed by atoms with Gasteiger partial charge in [0.05, 0.1) is 6.42 Å². The van der Waals surface area contributed by atoms with E-state index in [1.54, 1.807) is 13.0 Å². The second-order valence-corrected chi connectivity index (χ2v) is 7.66. The first-order valence-corrected chi connectivity index (χ1v) is 9.24. The molecule has 4 heterocycles. The molecule has 5 nitrogen and oxygen atoms in total. The van der Waals surface area contributed by atoms with E-state index < -0.39 is 0 Å². The molecule has 3 aliphatic rings. The number of benzene rings is 1. The van der Waals surface area contributed by atoms with E-state index in [4.69, 9.17) is 0 Å². The Labute approximate surface area is 152 Å². The Morgan fingerprint density at radius 2 is 2.04 bits per heavy atom. The summed E-state index contributed by atoms with van der Waals surface area (Å²) in [6.45, 7) is 5.60. The number of aromatic amines is 1. The zero-order valence-corrected chi connectivity index (χ0v) is 15.2. The van der Waals surface area contributed by atoms with Crippen molar-refractivity contribution in [2.75, 3.05) is 19.6 Å². The normalized spacial score (nSPS) is 22.7. The summed E-state index contributed by atoms with van der Waals surface area (Å²) in [6.07, 6.45) is 2.27. The van der Waals surface area contributed by atoms with Gasteiger partial charge >= 0.3 is 0 Å². The van der Waals surface area contributed by atoms with Crippen molar-refractivity contribution in [2.24, 2.45) is 5.92 Å². The van der Waals surface area contributed by atoms with E-state index in [0.717, 1.165) is 41.5 Å². The molecule has 3 aliphatic heterocycles. The van der Waals surface area contributed by atoms with E-state index in [2.05, 4.69) is 4.98 Å². The number of amides is 2. The lowest BCUT2D eigenvalue weighted by molar-refractivity contribution is -0.135. The Hall–Kier alpha value is -2.37. The number of aryl methyl sites for hydroxylation is 1. The van der Waals surface area contributed by atoms with Gasteiger partial charge in [0.1, 0.15) is 5.82 Å². The number of hydrogen-bond donors (Lipinski definition) is 1. The third kappa shape index (κ3) is 2.97. The summed E-state index contributed by atoms with van der Waals surface area (Å²) in [5.74, 6) is 0.205. The van der Waals surface area contributed by atoms with E-state index in [1.807, 2.05) is 16.7 Å². The number of nitrogens with zero attached hydrogens (tertiary/aromatic N) is 2. The lowest BCUT2D eigenvalue weighted by atomic mass is 9.94. The van der Waals surface area contributed by atoms with Crippen LogP contribution in [0.5, 0.6) is 0 Å². The van der Waals surface area contributed by atoms with Crippen LogP contribution in [0.15, 0.2) is 18.2 Å². The van der Waals surface area contributed by atoms with Gasteiger partial charge < -0.3 is 14.8 Å². The molecular weight excluding hydrogens is 333 g/mol. The molecule has 5 rings (SSSR count). The van der Waals surface area contributed by atoms with Crippen LogP contribution in [0.25, 0.3) is 10.9 Å². The maximum absolute atomic E-state index is 13.7. The van der Waals surface area contributed by atoms with Crippen LogP contribution in [0.1, 0.15) is 31.0 Å². The van der Waals surface area contributed by atoms with Crippen molar-refractivity contribution < 1.29 is 14.0 Å². The Balaban J connectivity index is 1.58. The van der Waals surface area contributed by atoms with Gasteiger partial charge in [-0.1, -0.05) is 0 Å². The molecule has 1 aromatic heterocycles. The summed E-state index contributed by atoms with van der Waals surface area (Å²) in [6, 6.07) is 4.72. The molecule has 2 aromatic rings. The summed E-state index contributed by atoms with van der Waals surface area (Å²) in [7, 11) is 0. The summed E-state index contributed by atoms with van der Waals surface area (Å²) >= 11 is 0. The van der Waals surface area contributed by atoms with Crippen LogP contribution < -0.4 is 0 Å². The van der Waals surface area contributed by atoms with Gasteiger partial charge in [-0.2, -0.15) is 0 Å². The SMILES string of the molecule is CC(=O)N1C[C@H]2CC[C@@H](C1)N(C(=O)Cc1c(C)[nH]c3ccc(F)cc13)C2. The highest BCUT2D eigenvalue weighted by molar-refractivity contribution is 5.90. The fourth-order valence-electron chi connectivity index (χ4n) is 4.48. The third-order valence-corrected chi connectivity index (χ3v) is 5.89. The smallest absolute Gasteiger partial charge is 0.227 e. The van der Waals surface area contributed by atoms with Crippen LogP contribution in [0, 0.1) is 18.7 Å². The molecule has 2 bridgehead atoms. The molecule has 3 saturated heterocycles. The number of H-pyrrole nitrogens is 1. The maximum Gasteiger partial charge on any atom is 0.227 e. The summed E-state index contributed by atoms with van der Waals surface area (Å²) in [5, 5.41) is 0.779. The van der Waals surface area contributed by atoms with E-state index in [-0.39, 0.29) is 30.1 Å². The summed E-state index contributed by atoms with van der Waals surface area (Å²) < 4.78 is 13.7. The predicted molar refractivity (Wildman–Crippen MR) is 97.2 cm³/mol. The van der Waals surface area contributed by atoms with Crippen LogP contribution in [0.2, 0.25) is 0 Å². The Bertz CT molecular complexity index is 875. The highest BCUT2D eigenvalue weighted by atomic mass is 19.1. The third-order valence-electron chi connectivity index (χ3n) is 5.89. The molecule has 1 aromatic carbocycles.